The van der Waals surface area contributed by atoms with Crippen molar-refractivity contribution in [2.75, 3.05) is 0 Å². The van der Waals surface area contributed by atoms with Crippen molar-refractivity contribution in [1.82, 2.24) is 39.8 Å². The third-order valence-corrected chi connectivity index (χ3v) is 12.1. The fraction of sp³-hybridized carbons (Fsp3) is 0.714. The minimum atomic E-state index is 0.0315. The van der Waals surface area contributed by atoms with Gasteiger partial charge in [0.25, 0.3) is 0 Å². The first-order chi connectivity index (χ1) is 17.9. The van der Waals surface area contributed by atoms with Crippen molar-refractivity contribution in [2.45, 2.75) is 96.9 Å². The lowest BCUT2D eigenvalue weighted by Gasteiger charge is -2.61. The third-order valence-electron chi connectivity index (χ3n) is 10.9. The SMILES string of the molecule is CCC(C)(C)[C@@H]1CCc2c(sc3ncn4nc(CC56C[C@H]7C[C@@H](C5)CC(n5ncnn5)(C7)C6)nc4c23)C1. The summed E-state index contributed by atoms with van der Waals surface area (Å²) in [6.45, 7) is 7.20. The van der Waals surface area contributed by atoms with E-state index in [1.54, 1.807) is 6.33 Å². The minimum absolute atomic E-state index is 0.0315. The maximum atomic E-state index is 5.23. The molecule has 4 heterocycles. The summed E-state index contributed by atoms with van der Waals surface area (Å²) in [6, 6.07) is 0. The molecule has 0 saturated heterocycles. The maximum Gasteiger partial charge on any atom is 0.167 e. The number of rotatable bonds is 5. The fourth-order valence-electron chi connectivity index (χ4n) is 9.21. The summed E-state index contributed by atoms with van der Waals surface area (Å²) in [6.07, 6.45) is 16.7. The Morgan fingerprint density at radius 1 is 1.16 bits per heavy atom. The van der Waals surface area contributed by atoms with Crippen LogP contribution in [0.5, 0.6) is 0 Å². The van der Waals surface area contributed by atoms with Crippen molar-refractivity contribution < 1.29 is 0 Å². The van der Waals surface area contributed by atoms with Gasteiger partial charge in [-0.15, -0.1) is 26.6 Å². The van der Waals surface area contributed by atoms with Crippen molar-refractivity contribution in [3.63, 3.8) is 0 Å². The molecule has 5 aliphatic rings. The fourth-order valence-corrected chi connectivity index (χ4v) is 10.5. The van der Waals surface area contributed by atoms with Crippen molar-refractivity contribution in [3.05, 3.63) is 28.9 Å². The molecule has 4 aromatic heterocycles. The summed E-state index contributed by atoms with van der Waals surface area (Å²) < 4.78 is 1.96. The summed E-state index contributed by atoms with van der Waals surface area (Å²) in [5.41, 5.74) is 3.16. The lowest BCUT2D eigenvalue weighted by atomic mass is 9.46. The lowest BCUT2D eigenvalue weighted by molar-refractivity contribution is -0.112. The Kier molecular flexibility index (Phi) is 4.62. The number of aromatic nitrogens is 8. The largest absolute Gasteiger partial charge is 0.225 e. The predicted molar refractivity (Wildman–Crippen MR) is 142 cm³/mol. The molecule has 9 heteroatoms. The summed E-state index contributed by atoms with van der Waals surface area (Å²) in [5, 5.41) is 19.3. The first kappa shape index (κ1) is 22.6. The molecule has 4 bridgehead atoms. The van der Waals surface area contributed by atoms with Crippen molar-refractivity contribution >= 4 is 27.2 Å². The molecule has 2 unspecified atom stereocenters. The second-order valence-corrected chi connectivity index (χ2v) is 14.7. The average molecular weight is 517 g/mol. The molecular formula is C28H36N8S. The molecule has 4 fully saturated rings. The highest BCUT2D eigenvalue weighted by Gasteiger charge is 2.59. The molecule has 0 N–H and O–H groups in total. The Bertz CT molecular complexity index is 1480. The highest BCUT2D eigenvalue weighted by Crippen LogP contribution is 2.64. The number of nitrogens with zero attached hydrogens (tertiary/aromatic N) is 8. The van der Waals surface area contributed by atoms with Crippen molar-refractivity contribution in [1.29, 1.82) is 0 Å². The quantitative estimate of drug-likeness (QED) is 0.353. The maximum absolute atomic E-state index is 5.23. The van der Waals surface area contributed by atoms with Gasteiger partial charge in [-0.3, -0.25) is 0 Å². The molecular weight excluding hydrogens is 480 g/mol. The Labute approximate surface area is 221 Å². The van der Waals surface area contributed by atoms with E-state index in [0.29, 0.717) is 5.41 Å². The van der Waals surface area contributed by atoms with Gasteiger partial charge in [0.15, 0.2) is 17.8 Å². The van der Waals surface area contributed by atoms with Gasteiger partial charge in [-0.2, -0.15) is 4.80 Å². The molecule has 194 valence electrons. The van der Waals surface area contributed by atoms with Gasteiger partial charge in [0.1, 0.15) is 11.2 Å². The average Bonchev–Trinajstić information content (AvgIpc) is 3.60. The smallest absolute Gasteiger partial charge is 0.167 e. The molecule has 4 saturated carbocycles. The first-order valence-electron chi connectivity index (χ1n) is 14.2. The molecule has 0 radical (unpaired) electrons. The van der Waals surface area contributed by atoms with E-state index in [2.05, 4.69) is 36.2 Å². The summed E-state index contributed by atoms with van der Waals surface area (Å²) in [7, 11) is 0. The zero-order chi connectivity index (χ0) is 25.0. The second-order valence-electron chi connectivity index (χ2n) is 13.6. The third kappa shape index (κ3) is 3.31. The van der Waals surface area contributed by atoms with Crippen LogP contribution >= 0.6 is 11.3 Å². The molecule has 37 heavy (non-hydrogen) atoms. The van der Waals surface area contributed by atoms with Crippen molar-refractivity contribution in [2.24, 2.45) is 28.6 Å². The number of hydrogen-bond acceptors (Lipinski definition) is 7. The van der Waals surface area contributed by atoms with E-state index >= 15 is 0 Å². The highest BCUT2D eigenvalue weighted by molar-refractivity contribution is 7.19. The highest BCUT2D eigenvalue weighted by atomic mass is 32.1. The Morgan fingerprint density at radius 3 is 2.76 bits per heavy atom. The number of tetrazole rings is 1. The molecule has 5 atom stereocenters. The van der Waals surface area contributed by atoms with Crippen LogP contribution in [-0.2, 0) is 24.8 Å². The van der Waals surface area contributed by atoms with E-state index in [9.17, 15) is 0 Å². The zero-order valence-electron chi connectivity index (χ0n) is 22.2. The molecule has 5 aliphatic carbocycles. The molecule has 0 aliphatic heterocycles. The first-order valence-corrected chi connectivity index (χ1v) is 15.1. The standard InChI is InChI=1S/C28H36N8S/c1-4-26(2,3)19-5-6-20-21(8-19)37-25-23(20)24-32-22(33-35(24)16-29-25)13-27-9-17-7-18(10-27)12-28(11-17,14-27)36-31-15-30-34-36/h15-19H,4-14H2,1-3H3/t17-,18+,19-,27?,28?/m1/s1. The Hall–Kier alpha value is -2.42. The molecule has 0 spiro atoms. The van der Waals surface area contributed by atoms with E-state index in [1.165, 1.54) is 67.2 Å². The van der Waals surface area contributed by atoms with E-state index in [1.807, 2.05) is 27.0 Å². The summed E-state index contributed by atoms with van der Waals surface area (Å²) in [5.74, 6) is 3.23. The normalized spacial score (nSPS) is 33.0. The van der Waals surface area contributed by atoms with Crippen LogP contribution in [0.4, 0.5) is 0 Å². The second kappa shape index (κ2) is 7.58. The van der Waals surface area contributed by atoms with Gasteiger partial charge in [-0.25, -0.2) is 14.5 Å². The van der Waals surface area contributed by atoms with Crippen LogP contribution in [0.2, 0.25) is 0 Å². The van der Waals surface area contributed by atoms with Crippen LogP contribution in [-0.4, -0.2) is 39.8 Å². The van der Waals surface area contributed by atoms with E-state index < -0.39 is 0 Å². The number of thiophene rings is 1. The van der Waals surface area contributed by atoms with Gasteiger partial charge in [-0.1, -0.05) is 27.2 Å². The zero-order valence-corrected chi connectivity index (χ0v) is 23.0. The Balaban J connectivity index is 1.15. The molecule has 0 amide bonds. The van der Waals surface area contributed by atoms with Gasteiger partial charge in [0.05, 0.1) is 10.9 Å². The number of fused-ring (bicyclic) bond motifs is 5. The van der Waals surface area contributed by atoms with Gasteiger partial charge in [-0.05, 0) is 97.1 Å². The van der Waals surface area contributed by atoms with Crippen LogP contribution < -0.4 is 0 Å². The van der Waals surface area contributed by atoms with Crippen LogP contribution in [0.25, 0.3) is 15.9 Å². The van der Waals surface area contributed by atoms with E-state index in [-0.39, 0.29) is 11.0 Å². The summed E-state index contributed by atoms with van der Waals surface area (Å²) >= 11 is 1.89. The molecule has 9 rings (SSSR count). The van der Waals surface area contributed by atoms with Crippen LogP contribution in [0, 0.1) is 28.6 Å². The lowest BCUT2D eigenvalue weighted by Crippen LogP contribution is -2.57. The minimum Gasteiger partial charge on any atom is -0.225 e. The van der Waals surface area contributed by atoms with Gasteiger partial charge in [0, 0.05) is 11.3 Å². The van der Waals surface area contributed by atoms with Gasteiger partial charge in [0.2, 0.25) is 0 Å². The van der Waals surface area contributed by atoms with E-state index in [4.69, 9.17) is 15.1 Å². The Morgan fingerprint density at radius 2 is 2.00 bits per heavy atom. The topological polar surface area (TPSA) is 86.7 Å². The summed E-state index contributed by atoms with van der Waals surface area (Å²) in [4.78, 5) is 14.7. The van der Waals surface area contributed by atoms with Crippen molar-refractivity contribution in [3.8, 4) is 0 Å². The number of hydrogen-bond donors (Lipinski definition) is 0. The number of aryl methyl sites for hydroxylation is 1. The predicted octanol–water partition coefficient (Wildman–Crippen LogP) is 5.40. The monoisotopic (exact) mass is 516 g/mol. The van der Waals surface area contributed by atoms with E-state index in [0.717, 1.165) is 53.3 Å². The van der Waals surface area contributed by atoms with Gasteiger partial charge >= 0.3 is 0 Å². The molecule has 8 nitrogen and oxygen atoms in total. The van der Waals surface area contributed by atoms with Crippen LogP contribution in [0.1, 0.15) is 88.4 Å². The van der Waals surface area contributed by atoms with Gasteiger partial charge < -0.3 is 0 Å². The van der Waals surface area contributed by atoms with Crippen LogP contribution in [0.15, 0.2) is 12.7 Å². The van der Waals surface area contributed by atoms with Crippen LogP contribution in [0.3, 0.4) is 0 Å². The molecule has 0 aromatic carbocycles. The molecule has 4 aromatic rings.